The molecule has 2 aromatic carbocycles. The van der Waals surface area contributed by atoms with E-state index in [0.29, 0.717) is 10.6 Å². The lowest BCUT2D eigenvalue weighted by atomic mass is 10.2. The van der Waals surface area contributed by atoms with Crippen molar-refractivity contribution in [3.05, 3.63) is 58.9 Å². The topological polar surface area (TPSA) is 72.2 Å². The molecule has 0 saturated heterocycles. The van der Waals surface area contributed by atoms with Crippen LogP contribution in [0.5, 0.6) is 0 Å². The molecule has 7 heteroatoms. The van der Waals surface area contributed by atoms with Crippen LogP contribution in [0.4, 0.5) is 10.1 Å². The third kappa shape index (κ3) is 3.27. The van der Waals surface area contributed by atoms with Crippen LogP contribution in [0, 0.1) is 5.82 Å². The lowest BCUT2D eigenvalue weighted by molar-refractivity contribution is 0.558. The van der Waals surface area contributed by atoms with E-state index >= 15 is 0 Å². The van der Waals surface area contributed by atoms with Crippen LogP contribution in [0.25, 0.3) is 0 Å². The molecular weight excluding hydrogens is 303 g/mol. The number of nitrogens with two attached hydrogens (primary N) is 1. The summed E-state index contributed by atoms with van der Waals surface area (Å²) in [6.07, 6.45) is 0. The van der Waals surface area contributed by atoms with Gasteiger partial charge in [-0.1, -0.05) is 29.8 Å². The summed E-state index contributed by atoms with van der Waals surface area (Å²) in [6, 6.07) is 10.4. The average molecular weight is 315 g/mol. The van der Waals surface area contributed by atoms with E-state index in [4.69, 9.17) is 17.3 Å². The monoisotopic (exact) mass is 314 g/mol. The molecule has 0 aromatic heterocycles. The van der Waals surface area contributed by atoms with Gasteiger partial charge in [-0.25, -0.2) is 17.5 Å². The summed E-state index contributed by atoms with van der Waals surface area (Å²) in [4.78, 5) is -0.533. The van der Waals surface area contributed by atoms with Crippen LogP contribution in [0.2, 0.25) is 5.02 Å². The van der Waals surface area contributed by atoms with E-state index in [0.717, 1.165) is 6.07 Å². The molecule has 0 unspecified atom stereocenters. The number of anilines is 1. The summed E-state index contributed by atoms with van der Waals surface area (Å²) in [5.41, 5.74) is 6.09. The van der Waals surface area contributed by atoms with Gasteiger partial charge in [-0.15, -0.1) is 0 Å². The van der Waals surface area contributed by atoms with E-state index in [1.807, 2.05) is 0 Å². The zero-order chi connectivity index (χ0) is 14.8. The Hall–Kier alpha value is -1.63. The number of hydrogen-bond acceptors (Lipinski definition) is 3. The van der Waals surface area contributed by atoms with Gasteiger partial charge in [0.1, 0.15) is 10.7 Å². The molecule has 0 spiro atoms. The SMILES string of the molecule is Nc1cccc(F)c1S(=O)(=O)NCc1ccc(Cl)cc1. The number of rotatable bonds is 4. The fourth-order valence-corrected chi connectivity index (χ4v) is 2.99. The Balaban J connectivity index is 2.22. The van der Waals surface area contributed by atoms with E-state index in [1.165, 1.54) is 12.1 Å². The van der Waals surface area contributed by atoms with Gasteiger partial charge in [0, 0.05) is 11.6 Å². The van der Waals surface area contributed by atoms with Crippen molar-refractivity contribution in [2.24, 2.45) is 0 Å². The second kappa shape index (κ2) is 5.78. The number of nitrogen functional groups attached to an aromatic ring is 1. The lowest BCUT2D eigenvalue weighted by Crippen LogP contribution is -2.25. The lowest BCUT2D eigenvalue weighted by Gasteiger charge is -2.10. The smallest absolute Gasteiger partial charge is 0.245 e. The Kier molecular flexibility index (Phi) is 4.27. The molecule has 0 aliphatic rings. The first-order valence-electron chi connectivity index (χ1n) is 5.68. The second-order valence-electron chi connectivity index (χ2n) is 4.11. The van der Waals surface area contributed by atoms with Gasteiger partial charge >= 0.3 is 0 Å². The van der Waals surface area contributed by atoms with Crippen LogP contribution in [0.1, 0.15) is 5.56 Å². The maximum absolute atomic E-state index is 13.6. The van der Waals surface area contributed by atoms with Gasteiger partial charge < -0.3 is 5.73 Å². The summed E-state index contributed by atoms with van der Waals surface area (Å²) < 4.78 is 40.0. The summed E-state index contributed by atoms with van der Waals surface area (Å²) in [7, 11) is -4.01. The normalized spacial score (nSPS) is 11.5. The van der Waals surface area contributed by atoms with Gasteiger partial charge in [0.05, 0.1) is 5.69 Å². The van der Waals surface area contributed by atoms with Crippen molar-refractivity contribution >= 4 is 27.3 Å². The quantitative estimate of drug-likeness (QED) is 0.852. The largest absolute Gasteiger partial charge is 0.398 e. The fraction of sp³-hybridized carbons (Fsp3) is 0.0769. The Morgan fingerprint density at radius 1 is 1.15 bits per heavy atom. The Morgan fingerprint density at radius 3 is 2.40 bits per heavy atom. The van der Waals surface area contributed by atoms with Crippen LogP contribution < -0.4 is 10.5 Å². The first kappa shape index (κ1) is 14.8. The summed E-state index contributed by atoms with van der Waals surface area (Å²) in [6.45, 7) is 0.0211. The molecule has 2 aromatic rings. The van der Waals surface area contributed by atoms with Crippen molar-refractivity contribution in [3.63, 3.8) is 0 Å². The molecular formula is C13H12ClFN2O2S. The molecule has 0 aliphatic heterocycles. The molecule has 3 N–H and O–H groups in total. The van der Waals surface area contributed by atoms with Gasteiger partial charge in [0.2, 0.25) is 10.0 Å². The van der Waals surface area contributed by atoms with Gasteiger partial charge in [-0.3, -0.25) is 0 Å². The molecule has 0 aliphatic carbocycles. The van der Waals surface area contributed by atoms with Crippen LogP contribution in [-0.2, 0) is 16.6 Å². The van der Waals surface area contributed by atoms with Crippen LogP contribution in [0.15, 0.2) is 47.4 Å². The molecule has 0 bridgehead atoms. The number of nitrogens with one attached hydrogen (secondary N) is 1. The van der Waals surface area contributed by atoms with Crippen LogP contribution >= 0.6 is 11.6 Å². The maximum Gasteiger partial charge on any atom is 0.245 e. The van der Waals surface area contributed by atoms with Gasteiger partial charge in [0.15, 0.2) is 0 Å². The number of hydrogen-bond donors (Lipinski definition) is 2. The first-order chi connectivity index (χ1) is 9.40. The molecule has 0 heterocycles. The molecule has 0 fully saturated rings. The third-order valence-corrected chi connectivity index (χ3v) is 4.39. The first-order valence-corrected chi connectivity index (χ1v) is 7.54. The van der Waals surface area contributed by atoms with E-state index in [1.54, 1.807) is 24.3 Å². The predicted octanol–water partition coefficient (Wildman–Crippen LogP) is 2.54. The zero-order valence-corrected chi connectivity index (χ0v) is 11.9. The third-order valence-electron chi connectivity index (χ3n) is 2.65. The van der Waals surface area contributed by atoms with E-state index in [-0.39, 0.29) is 12.2 Å². The Bertz CT molecular complexity index is 697. The Labute approximate surface area is 121 Å². The van der Waals surface area contributed by atoms with E-state index < -0.39 is 20.7 Å². The van der Waals surface area contributed by atoms with Crippen molar-refractivity contribution < 1.29 is 12.8 Å². The van der Waals surface area contributed by atoms with Crippen molar-refractivity contribution in [2.45, 2.75) is 11.4 Å². The summed E-state index contributed by atoms with van der Waals surface area (Å²) in [5, 5.41) is 0.551. The average Bonchev–Trinajstić information content (AvgIpc) is 2.37. The molecule has 4 nitrogen and oxygen atoms in total. The second-order valence-corrected chi connectivity index (χ2v) is 6.25. The van der Waals surface area contributed by atoms with Crippen molar-refractivity contribution in [1.82, 2.24) is 4.72 Å². The highest BCUT2D eigenvalue weighted by molar-refractivity contribution is 7.89. The fourth-order valence-electron chi connectivity index (χ4n) is 1.66. The molecule has 106 valence electrons. The standard InChI is InChI=1S/C13H12ClFN2O2S/c14-10-6-4-9(5-7-10)8-17-20(18,19)13-11(15)2-1-3-12(13)16/h1-7,17H,8,16H2. The van der Waals surface area contributed by atoms with Gasteiger partial charge in [-0.05, 0) is 29.8 Å². The minimum absolute atomic E-state index is 0.0211. The van der Waals surface area contributed by atoms with E-state index in [9.17, 15) is 12.8 Å². The zero-order valence-electron chi connectivity index (χ0n) is 10.3. The highest BCUT2D eigenvalue weighted by atomic mass is 35.5. The molecule has 0 atom stereocenters. The minimum Gasteiger partial charge on any atom is -0.398 e. The number of sulfonamides is 1. The van der Waals surface area contributed by atoms with E-state index in [2.05, 4.69) is 4.72 Å². The molecule has 20 heavy (non-hydrogen) atoms. The Morgan fingerprint density at radius 2 is 1.80 bits per heavy atom. The molecule has 0 amide bonds. The van der Waals surface area contributed by atoms with Crippen LogP contribution in [-0.4, -0.2) is 8.42 Å². The van der Waals surface area contributed by atoms with Crippen molar-refractivity contribution in [2.75, 3.05) is 5.73 Å². The summed E-state index contributed by atoms with van der Waals surface area (Å²) in [5.74, 6) is -0.881. The highest BCUT2D eigenvalue weighted by Crippen LogP contribution is 2.21. The molecule has 2 rings (SSSR count). The number of benzene rings is 2. The predicted molar refractivity (Wildman–Crippen MR) is 76.3 cm³/mol. The van der Waals surface area contributed by atoms with Gasteiger partial charge in [-0.2, -0.15) is 0 Å². The minimum atomic E-state index is -4.01. The highest BCUT2D eigenvalue weighted by Gasteiger charge is 2.21. The summed E-state index contributed by atoms with van der Waals surface area (Å²) >= 11 is 5.73. The number of halogens is 2. The maximum atomic E-state index is 13.6. The van der Waals surface area contributed by atoms with Gasteiger partial charge in [0.25, 0.3) is 0 Å². The van der Waals surface area contributed by atoms with Crippen LogP contribution in [0.3, 0.4) is 0 Å². The molecule has 0 radical (unpaired) electrons. The van der Waals surface area contributed by atoms with Crippen molar-refractivity contribution in [3.8, 4) is 0 Å². The molecule has 0 saturated carbocycles. The van der Waals surface area contributed by atoms with Crippen molar-refractivity contribution in [1.29, 1.82) is 0 Å².